The molecule has 1 rings (SSSR count). The lowest BCUT2D eigenvalue weighted by Crippen LogP contribution is -2.24. The average molecular weight is 265 g/mol. The summed E-state index contributed by atoms with van der Waals surface area (Å²) >= 11 is 0. The van der Waals surface area contributed by atoms with Gasteiger partial charge in [-0.1, -0.05) is 12.1 Å². The van der Waals surface area contributed by atoms with Gasteiger partial charge in [-0.25, -0.2) is 0 Å². The highest BCUT2D eigenvalue weighted by molar-refractivity contribution is 5.49. The van der Waals surface area contributed by atoms with Crippen molar-refractivity contribution in [1.82, 2.24) is 0 Å². The zero-order valence-electron chi connectivity index (χ0n) is 11.6. The highest BCUT2D eigenvalue weighted by Gasteiger charge is 2.23. The topological polar surface area (TPSA) is 71.7 Å². The van der Waals surface area contributed by atoms with Crippen molar-refractivity contribution >= 4 is 0 Å². The number of para-hydroxylation sites is 1. The first-order chi connectivity index (χ1) is 9.04. The van der Waals surface area contributed by atoms with E-state index < -0.39 is 18.3 Å². The zero-order chi connectivity index (χ0) is 14.4. The fraction of sp³-hybridized carbons (Fsp3) is 0.500. The Bertz CT molecular complexity index is 453. The molecule has 1 N–H and O–H groups in total. The predicted octanol–water partition coefficient (Wildman–Crippen LogP) is 2.05. The van der Waals surface area contributed by atoms with Crippen molar-refractivity contribution in [3.8, 4) is 17.6 Å². The largest absolute Gasteiger partial charge is 0.493 e. The minimum Gasteiger partial charge on any atom is -0.493 e. The Labute approximate surface area is 113 Å². The van der Waals surface area contributed by atoms with Crippen LogP contribution in [0.1, 0.15) is 25.5 Å². The molecule has 104 valence electrons. The maximum absolute atomic E-state index is 9.45. The van der Waals surface area contributed by atoms with E-state index in [0.29, 0.717) is 17.1 Å². The molecule has 0 saturated carbocycles. The van der Waals surface area contributed by atoms with Crippen molar-refractivity contribution in [2.75, 3.05) is 14.2 Å². The number of benzene rings is 1. The smallest absolute Gasteiger partial charge is 0.173 e. The van der Waals surface area contributed by atoms with Crippen LogP contribution >= 0.6 is 0 Å². The normalized spacial score (nSPS) is 15.2. The Morgan fingerprint density at radius 1 is 1.21 bits per heavy atom. The highest BCUT2D eigenvalue weighted by atomic mass is 16.5. The lowest BCUT2D eigenvalue weighted by Gasteiger charge is -2.21. The summed E-state index contributed by atoms with van der Waals surface area (Å²) in [7, 11) is 3.04. The van der Waals surface area contributed by atoms with E-state index in [-0.39, 0.29) is 0 Å². The van der Waals surface area contributed by atoms with Gasteiger partial charge < -0.3 is 19.3 Å². The molecule has 0 fully saturated rings. The first-order valence-electron chi connectivity index (χ1n) is 5.99. The van der Waals surface area contributed by atoms with Gasteiger partial charge >= 0.3 is 0 Å². The van der Waals surface area contributed by atoms with E-state index in [0.717, 1.165) is 0 Å². The Balaban J connectivity index is 3.09. The molecule has 5 nitrogen and oxygen atoms in total. The van der Waals surface area contributed by atoms with Crippen LogP contribution in [0.25, 0.3) is 0 Å². The Kier molecular flexibility index (Phi) is 5.61. The summed E-state index contributed by atoms with van der Waals surface area (Å²) in [5, 5.41) is 18.7. The third-order valence-corrected chi connectivity index (χ3v) is 2.86. The molecule has 0 amide bonds. The van der Waals surface area contributed by atoms with E-state index >= 15 is 0 Å². The Morgan fingerprint density at radius 3 is 2.37 bits per heavy atom. The van der Waals surface area contributed by atoms with Crippen LogP contribution in [-0.2, 0) is 4.74 Å². The third-order valence-electron chi connectivity index (χ3n) is 2.86. The maximum atomic E-state index is 9.45. The van der Waals surface area contributed by atoms with Crippen LogP contribution in [0.4, 0.5) is 0 Å². The first kappa shape index (κ1) is 15.3. The van der Waals surface area contributed by atoms with Crippen LogP contribution in [-0.4, -0.2) is 31.5 Å². The molecule has 0 aromatic heterocycles. The van der Waals surface area contributed by atoms with Crippen LogP contribution < -0.4 is 9.47 Å². The second-order valence-corrected chi connectivity index (χ2v) is 4.17. The molecule has 0 saturated heterocycles. The standard InChI is InChI=1S/C14H19NO4/c1-9(16)10(2)19-13(8-15)11-6-5-7-12(17-3)14(11)18-4/h5-7,9-10,13,16H,1-4H3. The second kappa shape index (κ2) is 6.98. The van der Waals surface area contributed by atoms with E-state index in [1.54, 1.807) is 32.0 Å². The molecule has 1 aromatic carbocycles. The monoisotopic (exact) mass is 265 g/mol. The SMILES string of the molecule is COc1cccc(C(C#N)OC(C)C(C)O)c1OC. The lowest BCUT2D eigenvalue weighted by atomic mass is 10.1. The molecule has 0 heterocycles. The molecule has 19 heavy (non-hydrogen) atoms. The molecule has 0 aliphatic rings. The van der Waals surface area contributed by atoms with Gasteiger partial charge in [0.2, 0.25) is 0 Å². The van der Waals surface area contributed by atoms with E-state index in [4.69, 9.17) is 14.2 Å². The van der Waals surface area contributed by atoms with Gasteiger partial charge in [-0.3, -0.25) is 0 Å². The van der Waals surface area contributed by atoms with Gasteiger partial charge in [0.15, 0.2) is 17.6 Å². The predicted molar refractivity (Wildman–Crippen MR) is 70.1 cm³/mol. The van der Waals surface area contributed by atoms with E-state index in [2.05, 4.69) is 6.07 Å². The third kappa shape index (κ3) is 3.60. The molecule has 0 spiro atoms. The van der Waals surface area contributed by atoms with E-state index in [9.17, 15) is 10.4 Å². The van der Waals surface area contributed by atoms with Crippen molar-refractivity contribution in [1.29, 1.82) is 5.26 Å². The van der Waals surface area contributed by atoms with Crippen LogP contribution in [0.5, 0.6) is 11.5 Å². The number of hydrogen-bond acceptors (Lipinski definition) is 5. The zero-order valence-corrected chi connectivity index (χ0v) is 11.6. The van der Waals surface area contributed by atoms with Crippen molar-refractivity contribution < 1.29 is 19.3 Å². The molecule has 3 unspecified atom stereocenters. The molecule has 0 radical (unpaired) electrons. The van der Waals surface area contributed by atoms with Gasteiger partial charge in [-0.15, -0.1) is 0 Å². The number of rotatable bonds is 6. The number of nitrogens with zero attached hydrogens (tertiary/aromatic N) is 1. The molecule has 1 aromatic rings. The van der Waals surface area contributed by atoms with Crippen LogP contribution in [0, 0.1) is 11.3 Å². The minimum absolute atomic E-state index is 0.458. The fourth-order valence-corrected chi connectivity index (χ4v) is 1.62. The van der Waals surface area contributed by atoms with Crippen molar-refractivity contribution in [2.24, 2.45) is 0 Å². The summed E-state index contributed by atoms with van der Waals surface area (Å²) < 4.78 is 16.0. The number of nitriles is 1. The van der Waals surface area contributed by atoms with Gasteiger partial charge in [0, 0.05) is 5.56 Å². The number of aliphatic hydroxyl groups is 1. The summed E-state index contributed by atoms with van der Waals surface area (Å²) in [5.74, 6) is 1.00. The van der Waals surface area contributed by atoms with Gasteiger partial charge in [-0.05, 0) is 19.9 Å². The van der Waals surface area contributed by atoms with Gasteiger partial charge in [0.05, 0.1) is 32.5 Å². The number of hydrogen-bond donors (Lipinski definition) is 1. The van der Waals surface area contributed by atoms with Crippen LogP contribution in [0.3, 0.4) is 0 Å². The van der Waals surface area contributed by atoms with Crippen molar-refractivity contribution in [3.63, 3.8) is 0 Å². The molecular weight excluding hydrogens is 246 g/mol. The molecular formula is C14H19NO4. The average Bonchev–Trinajstić information content (AvgIpc) is 2.43. The molecule has 3 atom stereocenters. The van der Waals surface area contributed by atoms with Gasteiger partial charge in [0.1, 0.15) is 0 Å². The molecule has 0 aliphatic heterocycles. The highest BCUT2D eigenvalue weighted by Crippen LogP contribution is 2.36. The number of aliphatic hydroxyl groups excluding tert-OH is 1. The van der Waals surface area contributed by atoms with Crippen LogP contribution in [0.2, 0.25) is 0 Å². The molecule has 0 aliphatic carbocycles. The van der Waals surface area contributed by atoms with Crippen molar-refractivity contribution in [2.45, 2.75) is 32.2 Å². The number of ether oxygens (including phenoxy) is 3. The summed E-state index contributed by atoms with van der Waals surface area (Å²) in [6.07, 6.45) is -1.94. The first-order valence-corrected chi connectivity index (χ1v) is 5.99. The second-order valence-electron chi connectivity index (χ2n) is 4.17. The summed E-state index contributed by atoms with van der Waals surface area (Å²) in [5.41, 5.74) is 0.580. The van der Waals surface area contributed by atoms with Gasteiger partial charge in [-0.2, -0.15) is 5.26 Å². The summed E-state index contributed by atoms with van der Waals surface area (Å²) in [4.78, 5) is 0. The lowest BCUT2D eigenvalue weighted by molar-refractivity contribution is -0.0432. The maximum Gasteiger partial charge on any atom is 0.173 e. The van der Waals surface area contributed by atoms with E-state index in [1.165, 1.54) is 14.2 Å². The van der Waals surface area contributed by atoms with Crippen LogP contribution in [0.15, 0.2) is 18.2 Å². The summed E-state index contributed by atoms with van der Waals surface area (Å²) in [6, 6.07) is 7.31. The quantitative estimate of drug-likeness (QED) is 0.852. The minimum atomic E-state index is -0.824. The Hall–Kier alpha value is -1.77. The molecule has 0 bridgehead atoms. The number of methoxy groups -OCH3 is 2. The van der Waals surface area contributed by atoms with Gasteiger partial charge in [0.25, 0.3) is 0 Å². The fourth-order valence-electron chi connectivity index (χ4n) is 1.62. The molecule has 5 heteroatoms. The van der Waals surface area contributed by atoms with Crippen molar-refractivity contribution in [3.05, 3.63) is 23.8 Å². The Morgan fingerprint density at radius 2 is 1.89 bits per heavy atom. The summed E-state index contributed by atoms with van der Waals surface area (Å²) in [6.45, 7) is 3.32. The van der Waals surface area contributed by atoms with E-state index in [1.807, 2.05) is 0 Å².